The number of amides is 2. The van der Waals surface area contributed by atoms with Crippen LogP contribution in [0.2, 0.25) is 0 Å². The molecule has 3 aliphatic rings. The third-order valence-electron chi connectivity index (χ3n) is 9.41. The van der Waals surface area contributed by atoms with Crippen molar-refractivity contribution in [1.82, 2.24) is 9.80 Å². The molecule has 8 nitrogen and oxygen atoms in total. The lowest BCUT2D eigenvalue weighted by Crippen LogP contribution is -2.63. The van der Waals surface area contributed by atoms with Gasteiger partial charge in [-0.05, 0) is 63.7 Å². The van der Waals surface area contributed by atoms with Gasteiger partial charge in [-0.3, -0.25) is 14.4 Å². The summed E-state index contributed by atoms with van der Waals surface area (Å²) in [7, 11) is 0. The molecule has 41 heavy (non-hydrogen) atoms. The van der Waals surface area contributed by atoms with E-state index in [2.05, 4.69) is 33.9 Å². The summed E-state index contributed by atoms with van der Waals surface area (Å²) in [6, 6.07) is -1.52. The number of ether oxygens (including phenoxy) is 2. The van der Waals surface area contributed by atoms with Crippen molar-refractivity contribution in [1.29, 1.82) is 0 Å². The predicted molar refractivity (Wildman–Crippen MR) is 160 cm³/mol. The molecule has 232 valence electrons. The van der Waals surface area contributed by atoms with Crippen molar-refractivity contribution in [2.45, 2.75) is 123 Å². The van der Waals surface area contributed by atoms with E-state index >= 15 is 0 Å². The Kier molecular flexibility index (Phi) is 10.6. The van der Waals surface area contributed by atoms with Crippen LogP contribution in [0.3, 0.4) is 0 Å². The minimum atomic E-state index is -1.14. The summed E-state index contributed by atoms with van der Waals surface area (Å²) in [5.74, 6) is -2.56. The van der Waals surface area contributed by atoms with Crippen molar-refractivity contribution in [3.63, 3.8) is 0 Å². The lowest BCUT2D eigenvalue weighted by atomic mass is 9.70. The molecule has 2 unspecified atom stereocenters. The third kappa shape index (κ3) is 6.43. The van der Waals surface area contributed by atoms with Crippen molar-refractivity contribution < 1.29 is 29.0 Å². The number of hydrogen-bond acceptors (Lipinski definition) is 6. The number of likely N-dealkylation sites (tertiary alicyclic amines) is 1. The minimum absolute atomic E-state index is 0.0532. The van der Waals surface area contributed by atoms with Crippen LogP contribution >= 0.6 is 0 Å². The highest BCUT2D eigenvalue weighted by Gasteiger charge is 2.76. The average molecular weight is 575 g/mol. The molecule has 1 spiro atoms. The first-order chi connectivity index (χ1) is 19.2. The normalized spacial score (nSPS) is 28.8. The van der Waals surface area contributed by atoms with E-state index in [1.165, 1.54) is 0 Å². The highest BCUT2D eigenvalue weighted by atomic mass is 16.6. The highest BCUT2D eigenvalue weighted by Crippen LogP contribution is 2.59. The van der Waals surface area contributed by atoms with Gasteiger partial charge in [-0.15, -0.1) is 13.2 Å². The van der Waals surface area contributed by atoms with E-state index < -0.39 is 47.1 Å². The van der Waals surface area contributed by atoms with E-state index in [-0.39, 0.29) is 36.4 Å². The monoisotopic (exact) mass is 574 g/mol. The Bertz CT molecular complexity index is 987. The number of fused-ring (bicyclic) bond motifs is 1. The molecule has 0 saturated carbocycles. The summed E-state index contributed by atoms with van der Waals surface area (Å²) in [6.07, 6.45) is 8.06. The Morgan fingerprint density at radius 1 is 1.22 bits per heavy atom. The molecule has 7 atom stereocenters. The molecule has 3 fully saturated rings. The first-order valence-corrected chi connectivity index (χ1v) is 15.5. The van der Waals surface area contributed by atoms with Gasteiger partial charge in [-0.25, -0.2) is 0 Å². The zero-order chi connectivity index (χ0) is 30.8. The number of nitrogens with zero attached hydrogens (tertiary/aromatic N) is 2. The van der Waals surface area contributed by atoms with Gasteiger partial charge in [0.25, 0.3) is 0 Å². The Labute approximate surface area is 247 Å². The Morgan fingerprint density at radius 2 is 1.90 bits per heavy atom. The van der Waals surface area contributed by atoms with Crippen LogP contribution in [0.5, 0.6) is 0 Å². The lowest BCUT2D eigenvalue weighted by Gasteiger charge is -2.47. The van der Waals surface area contributed by atoms with Gasteiger partial charge < -0.3 is 24.4 Å². The lowest BCUT2D eigenvalue weighted by molar-refractivity contribution is -0.159. The number of hydrogen-bond donors (Lipinski definition) is 1. The predicted octanol–water partition coefficient (Wildman–Crippen LogP) is 4.90. The van der Waals surface area contributed by atoms with Crippen LogP contribution in [0.4, 0.5) is 0 Å². The zero-order valence-corrected chi connectivity index (χ0v) is 26.5. The van der Waals surface area contributed by atoms with Crippen LogP contribution < -0.4 is 0 Å². The van der Waals surface area contributed by atoms with Crippen molar-refractivity contribution in [3.05, 3.63) is 25.3 Å². The van der Waals surface area contributed by atoms with Crippen LogP contribution in [0.15, 0.2) is 25.3 Å². The van der Waals surface area contributed by atoms with E-state index in [1.54, 1.807) is 11.0 Å². The fourth-order valence-corrected chi connectivity index (χ4v) is 7.77. The molecule has 1 N–H and O–H groups in total. The molecular formula is C33H54N2O6. The van der Waals surface area contributed by atoms with E-state index in [9.17, 15) is 19.5 Å². The standard InChI is InChI=1S/C33H54N2O6/c1-10-13-14-15-19-40-30(39)25-24-16-17-33(41-24)26(25)28(37)35(23(20-36)22(4)12-3)27(33)29(38)34(18-11-2)32(8,9)21-31(5,6)7/h10-11,22-27,36H,1-2,12-21H2,3-9H3/t22-,23-,24+,25-,26-,27?,33?/m0/s1. The minimum Gasteiger partial charge on any atom is -0.465 e. The molecule has 3 rings (SSSR count). The largest absolute Gasteiger partial charge is 0.465 e. The fourth-order valence-electron chi connectivity index (χ4n) is 7.77. The van der Waals surface area contributed by atoms with E-state index in [4.69, 9.17) is 9.47 Å². The number of esters is 1. The molecule has 0 aromatic rings. The van der Waals surface area contributed by atoms with Crippen LogP contribution in [-0.2, 0) is 23.9 Å². The van der Waals surface area contributed by atoms with Crippen LogP contribution in [0.25, 0.3) is 0 Å². The highest BCUT2D eigenvalue weighted by molar-refractivity contribution is 5.98. The molecule has 0 aromatic carbocycles. The maximum atomic E-state index is 14.8. The summed E-state index contributed by atoms with van der Waals surface area (Å²) in [5, 5.41) is 10.6. The molecule has 2 amide bonds. The summed E-state index contributed by atoms with van der Waals surface area (Å²) in [6.45, 7) is 22.5. The second-order valence-electron chi connectivity index (χ2n) is 14.2. The number of rotatable bonds is 15. The summed E-state index contributed by atoms with van der Waals surface area (Å²) in [4.78, 5) is 46.1. The second kappa shape index (κ2) is 13.0. The first-order valence-electron chi connectivity index (χ1n) is 15.5. The number of aliphatic hydroxyl groups excluding tert-OH is 1. The topological polar surface area (TPSA) is 96.4 Å². The maximum Gasteiger partial charge on any atom is 0.312 e. The molecule has 2 bridgehead atoms. The number of aliphatic hydroxyl groups is 1. The molecule has 3 saturated heterocycles. The number of allylic oxidation sites excluding steroid dienone is 1. The maximum absolute atomic E-state index is 14.8. The van der Waals surface area contributed by atoms with Crippen molar-refractivity contribution >= 4 is 17.8 Å². The van der Waals surface area contributed by atoms with Crippen LogP contribution in [0, 0.1) is 23.2 Å². The Morgan fingerprint density at radius 3 is 2.46 bits per heavy atom. The second-order valence-corrected chi connectivity index (χ2v) is 14.2. The first kappa shape index (κ1) is 33.3. The van der Waals surface area contributed by atoms with Gasteiger partial charge in [0, 0.05) is 12.1 Å². The number of carbonyl (C=O) groups is 3. The molecule has 8 heteroatoms. The average Bonchev–Trinajstić information content (AvgIpc) is 3.53. The summed E-state index contributed by atoms with van der Waals surface area (Å²) < 4.78 is 12.3. The fraction of sp³-hybridized carbons (Fsp3) is 0.788. The van der Waals surface area contributed by atoms with Crippen molar-refractivity contribution in [3.8, 4) is 0 Å². The molecule has 0 aromatic heterocycles. The zero-order valence-electron chi connectivity index (χ0n) is 26.5. The van der Waals surface area contributed by atoms with E-state index in [1.807, 2.05) is 38.7 Å². The van der Waals surface area contributed by atoms with Gasteiger partial charge in [-0.1, -0.05) is 53.2 Å². The SMILES string of the molecule is C=CCCCCOC(=O)[C@@H]1[C@H]2C(=O)N([C@@H](CO)[C@@H](C)CC)C(C(=O)N(CC=C)C(C)(C)CC(C)(C)C)C23CC[C@H]1O3. The van der Waals surface area contributed by atoms with Gasteiger partial charge in [-0.2, -0.15) is 0 Å². The van der Waals surface area contributed by atoms with Crippen molar-refractivity contribution in [2.24, 2.45) is 23.2 Å². The van der Waals surface area contributed by atoms with E-state index in [0.717, 1.165) is 25.7 Å². The van der Waals surface area contributed by atoms with Crippen LogP contribution in [0.1, 0.15) is 93.4 Å². The molecule has 0 radical (unpaired) electrons. The number of carbonyl (C=O) groups excluding carboxylic acids is 3. The van der Waals surface area contributed by atoms with Gasteiger partial charge in [0.05, 0.1) is 37.2 Å². The third-order valence-corrected chi connectivity index (χ3v) is 9.41. The Balaban J connectivity index is 2.05. The van der Waals surface area contributed by atoms with Crippen LogP contribution in [-0.4, -0.2) is 81.8 Å². The summed E-state index contributed by atoms with van der Waals surface area (Å²) in [5.41, 5.74) is -1.73. The quantitative estimate of drug-likeness (QED) is 0.170. The molecule has 0 aliphatic carbocycles. The van der Waals surface area contributed by atoms with Gasteiger partial charge in [0.1, 0.15) is 11.6 Å². The summed E-state index contributed by atoms with van der Waals surface area (Å²) >= 11 is 0. The van der Waals surface area contributed by atoms with Crippen molar-refractivity contribution in [2.75, 3.05) is 19.8 Å². The number of unbranched alkanes of at least 4 members (excludes halogenated alkanes) is 2. The van der Waals surface area contributed by atoms with Gasteiger partial charge in [0.2, 0.25) is 11.8 Å². The molecule has 3 heterocycles. The molecular weight excluding hydrogens is 520 g/mol. The molecule has 3 aliphatic heterocycles. The van der Waals surface area contributed by atoms with E-state index in [0.29, 0.717) is 25.8 Å². The van der Waals surface area contributed by atoms with Gasteiger partial charge in [0.15, 0.2) is 0 Å². The Hall–Kier alpha value is -2.19. The smallest absolute Gasteiger partial charge is 0.312 e. The van der Waals surface area contributed by atoms with Gasteiger partial charge >= 0.3 is 5.97 Å².